The molecule has 0 fully saturated rings. The molecule has 0 unspecified atom stereocenters. The van der Waals surface area contributed by atoms with Crippen LogP contribution in [-0.4, -0.2) is 11.0 Å². The maximum absolute atomic E-state index is 10.8. The number of ether oxygens (including phenoxy) is 1. The van der Waals surface area contributed by atoms with Crippen LogP contribution in [0, 0.1) is 0 Å². The minimum Gasteiger partial charge on any atom is -0.425 e. The summed E-state index contributed by atoms with van der Waals surface area (Å²) in [6.45, 7) is 0. The second kappa shape index (κ2) is 2.34. The first-order valence-corrected chi connectivity index (χ1v) is 3.51. The van der Waals surface area contributed by atoms with E-state index in [0.717, 1.165) is 5.69 Å². The van der Waals surface area contributed by atoms with Gasteiger partial charge in [-0.1, -0.05) is 0 Å². The highest BCUT2D eigenvalue weighted by Crippen LogP contribution is 2.21. The summed E-state index contributed by atoms with van der Waals surface area (Å²) in [5.41, 5.74) is 0.882. The van der Waals surface area contributed by atoms with Crippen molar-refractivity contribution in [3.8, 4) is 5.75 Å². The van der Waals surface area contributed by atoms with E-state index in [9.17, 15) is 4.79 Å². The molecule has 56 valence electrons. The van der Waals surface area contributed by atoms with Crippen molar-refractivity contribution in [2.24, 2.45) is 0 Å². The number of hydrogen-bond acceptors (Lipinski definition) is 3. The van der Waals surface area contributed by atoms with Gasteiger partial charge in [0.25, 0.3) is 0 Å². The van der Waals surface area contributed by atoms with Gasteiger partial charge in [-0.2, -0.15) is 0 Å². The monoisotopic (exact) mass is 149 g/mol. The summed E-state index contributed by atoms with van der Waals surface area (Å²) in [7, 11) is 0. The average Bonchev–Trinajstić information content (AvgIpc) is 2.04. The van der Waals surface area contributed by atoms with E-state index < -0.39 is 0 Å². The minimum atomic E-state index is -0.162. The third-order valence-corrected chi connectivity index (χ3v) is 1.64. The van der Waals surface area contributed by atoms with E-state index in [1.807, 2.05) is 0 Å². The number of carbonyl (C=O) groups excluding carboxylic acids is 1. The second-order valence-electron chi connectivity index (χ2n) is 2.42. The van der Waals surface area contributed by atoms with Crippen molar-refractivity contribution in [3.05, 3.63) is 24.0 Å². The highest BCUT2D eigenvalue weighted by atomic mass is 16.5. The number of hydrogen-bond donors (Lipinski definition) is 0. The normalized spacial score (nSPS) is 15.5. The largest absolute Gasteiger partial charge is 0.425 e. The third-order valence-electron chi connectivity index (χ3n) is 1.64. The van der Waals surface area contributed by atoms with Crippen LogP contribution in [0.3, 0.4) is 0 Å². The number of esters is 1. The molecule has 0 N–H and O–H groups in total. The Balaban J connectivity index is 2.41. The zero-order valence-electron chi connectivity index (χ0n) is 5.91. The number of rotatable bonds is 0. The molecule has 0 aromatic carbocycles. The smallest absolute Gasteiger partial charge is 0.311 e. The molecule has 0 aliphatic carbocycles. The van der Waals surface area contributed by atoms with Crippen LogP contribution in [0.1, 0.15) is 12.1 Å². The van der Waals surface area contributed by atoms with Crippen molar-refractivity contribution in [2.75, 3.05) is 0 Å². The maximum atomic E-state index is 10.8. The molecule has 2 rings (SSSR count). The fraction of sp³-hybridized carbons (Fsp3) is 0.250. The minimum absolute atomic E-state index is 0.162. The summed E-state index contributed by atoms with van der Waals surface area (Å²) >= 11 is 0. The molecule has 0 amide bonds. The lowest BCUT2D eigenvalue weighted by Gasteiger charge is -2.12. The van der Waals surface area contributed by atoms with E-state index in [1.54, 1.807) is 18.3 Å². The molecule has 1 aliphatic rings. The number of aryl methyl sites for hydroxylation is 1. The van der Waals surface area contributed by atoms with Gasteiger partial charge in [0.05, 0.1) is 12.1 Å². The van der Waals surface area contributed by atoms with Crippen LogP contribution in [0.2, 0.25) is 0 Å². The van der Waals surface area contributed by atoms with Crippen molar-refractivity contribution in [1.82, 2.24) is 4.98 Å². The van der Waals surface area contributed by atoms with E-state index in [1.165, 1.54) is 0 Å². The first-order valence-electron chi connectivity index (χ1n) is 3.51. The van der Waals surface area contributed by atoms with Gasteiger partial charge in [0.15, 0.2) is 5.75 Å². The lowest BCUT2D eigenvalue weighted by Crippen LogP contribution is -2.16. The standard InChI is InChI=1S/C8H7NO2/c10-8-4-3-6-7(11-8)2-1-5-9-6/h1-2,5H,3-4H2. The first-order chi connectivity index (χ1) is 5.36. The Labute approximate surface area is 64.0 Å². The molecular weight excluding hydrogens is 142 g/mol. The predicted octanol–water partition coefficient (Wildman–Crippen LogP) is 0.933. The van der Waals surface area contributed by atoms with Crippen LogP contribution in [0.5, 0.6) is 5.75 Å². The first kappa shape index (κ1) is 6.34. The van der Waals surface area contributed by atoms with Crippen LogP contribution in [0.4, 0.5) is 0 Å². The van der Waals surface area contributed by atoms with Crippen LogP contribution in [0.15, 0.2) is 18.3 Å². The highest BCUT2D eigenvalue weighted by Gasteiger charge is 2.16. The second-order valence-corrected chi connectivity index (χ2v) is 2.42. The number of aromatic nitrogens is 1. The number of fused-ring (bicyclic) bond motifs is 1. The van der Waals surface area contributed by atoms with Gasteiger partial charge in [-0.05, 0) is 12.1 Å². The molecule has 0 bridgehead atoms. The number of pyridine rings is 1. The van der Waals surface area contributed by atoms with Gasteiger partial charge in [-0.15, -0.1) is 0 Å². The predicted molar refractivity (Wildman–Crippen MR) is 38.2 cm³/mol. The van der Waals surface area contributed by atoms with Gasteiger partial charge in [0.2, 0.25) is 0 Å². The molecule has 3 nitrogen and oxygen atoms in total. The lowest BCUT2D eigenvalue weighted by molar-refractivity contribution is -0.135. The van der Waals surface area contributed by atoms with Crippen molar-refractivity contribution in [3.63, 3.8) is 0 Å². The summed E-state index contributed by atoms with van der Waals surface area (Å²) in [4.78, 5) is 14.9. The molecule has 0 atom stereocenters. The highest BCUT2D eigenvalue weighted by molar-refractivity contribution is 5.74. The molecule has 1 aromatic rings. The Morgan fingerprint density at radius 3 is 3.27 bits per heavy atom. The van der Waals surface area contributed by atoms with Crippen LogP contribution in [0.25, 0.3) is 0 Å². The maximum Gasteiger partial charge on any atom is 0.311 e. The molecule has 0 saturated heterocycles. The third kappa shape index (κ3) is 1.09. The van der Waals surface area contributed by atoms with Crippen molar-refractivity contribution in [2.45, 2.75) is 12.8 Å². The van der Waals surface area contributed by atoms with Crippen molar-refractivity contribution >= 4 is 5.97 Å². The molecule has 11 heavy (non-hydrogen) atoms. The molecule has 1 aliphatic heterocycles. The Morgan fingerprint density at radius 2 is 2.36 bits per heavy atom. The summed E-state index contributed by atoms with van der Waals surface area (Å²) in [6.07, 6.45) is 2.86. The van der Waals surface area contributed by atoms with Crippen molar-refractivity contribution < 1.29 is 9.53 Å². The van der Waals surface area contributed by atoms with Crippen molar-refractivity contribution in [1.29, 1.82) is 0 Å². The van der Waals surface area contributed by atoms with E-state index >= 15 is 0 Å². The SMILES string of the molecule is O=C1CCc2ncccc2O1. The van der Waals surface area contributed by atoms with E-state index in [4.69, 9.17) is 4.74 Å². The molecule has 0 saturated carbocycles. The van der Waals surface area contributed by atoms with Crippen LogP contribution >= 0.6 is 0 Å². The summed E-state index contributed by atoms with van der Waals surface area (Å²) in [6, 6.07) is 3.52. The summed E-state index contributed by atoms with van der Waals surface area (Å²) < 4.78 is 4.93. The Morgan fingerprint density at radius 1 is 1.45 bits per heavy atom. The zero-order chi connectivity index (χ0) is 7.68. The molecule has 1 aromatic heterocycles. The van der Waals surface area contributed by atoms with Crippen LogP contribution in [-0.2, 0) is 11.2 Å². The Kier molecular flexibility index (Phi) is 1.35. The lowest BCUT2D eigenvalue weighted by atomic mass is 10.1. The van der Waals surface area contributed by atoms with Gasteiger partial charge >= 0.3 is 5.97 Å². The Hall–Kier alpha value is -1.38. The number of nitrogens with zero attached hydrogens (tertiary/aromatic N) is 1. The fourth-order valence-corrected chi connectivity index (χ4v) is 1.10. The topological polar surface area (TPSA) is 39.2 Å². The average molecular weight is 149 g/mol. The zero-order valence-corrected chi connectivity index (χ0v) is 5.91. The van der Waals surface area contributed by atoms with Gasteiger partial charge < -0.3 is 4.74 Å². The molecule has 0 spiro atoms. The number of carbonyl (C=O) groups is 1. The molecular formula is C8H7NO2. The molecule has 0 radical (unpaired) electrons. The van der Waals surface area contributed by atoms with E-state index in [2.05, 4.69) is 4.98 Å². The van der Waals surface area contributed by atoms with E-state index in [-0.39, 0.29) is 5.97 Å². The quantitative estimate of drug-likeness (QED) is 0.515. The molecule has 2 heterocycles. The Bertz CT molecular complexity index is 296. The van der Waals surface area contributed by atoms with Gasteiger partial charge in [-0.25, -0.2) is 0 Å². The fourth-order valence-electron chi connectivity index (χ4n) is 1.10. The van der Waals surface area contributed by atoms with E-state index in [0.29, 0.717) is 18.6 Å². The summed E-state index contributed by atoms with van der Waals surface area (Å²) in [5, 5.41) is 0. The van der Waals surface area contributed by atoms with Gasteiger partial charge in [-0.3, -0.25) is 9.78 Å². The molecule has 3 heteroatoms. The van der Waals surface area contributed by atoms with Gasteiger partial charge in [0, 0.05) is 12.6 Å². The summed E-state index contributed by atoms with van der Waals surface area (Å²) in [5.74, 6) is 0.453. The van der Waals surface area contributed by atoms with Crippen LogP contribution < -0.4 is 4.74 Å². The van der Waals surface area contributed by atoms with Gasteiger partial charge in [0.1, 0.15) is 0 Å².